The van der Waals surface area contributed by atoms with Crippen molar-refractivity contribution in [3.63, 3.8) is 0 Å². The minimum Gasteiger partial charge on any atom is -0.393 e. The summed E-state index contributed by atoms with van der Waals surface area (Å²) in [5.41, 5.74) is 0. The van der Waals surface area contributed by atoms with Crippen LogP contribution in [-0.4, -0.2) is 46.7 Å². The smallest absolute Gasteiger partial charge is 0.393 e. The van der Waals surface area contributed by atoms with Crippen LogP contribution in [0, 0.1) is 5.92 Å². The topological polar surface area (TPSA) is 23.5 Å². The van der Waals surface area contributed by atoms with E-state index in [1.54, 1.807) is 11.8 Å². The molecule has 3 atom stereocenters. The van der Waals surface area contributed by atoms with E-state index in [4.69, 9.17) is 0 Å². The number of rotatable bonds is 3. The Bertz CT molecular complexity index is 210. The van der Waals surface area contributed by atoms with Crippen molar-refractivity contribution >= 4 is 15.9 Å². The van der Waals surface area contributed by atoms with Gasteiger partial charge in [-0.2, -0.15) is 13.2 Å². The number of nitrogens with zero attached hydrogens (tertiary/aromatic N) is 1. The first-order valence-corrected chi connectivity index (χ1v) is 5.83. The molecule has 90 valence electrons. The molecule has 0 amide bonds. The molecular weight excluding hydrogens is 275 g/mol. The third kappa shape index (κ3) is 3.92. The Morgan fingerprint density at radius 3 is 2.53 bits per heavy atom. The van der Waals surface area contributed by atoms with Crippen molar-refractivity contribution in [3.05, 3.63) is 0 Å². The predicted molar refractivity (Wildman–Crippen MR) is 55.0 cm³/mol. The van der Waals surface area contributed by atoms with Crippen LogP contribution in [0.1, 0.15) is 13.3 Å². The third-order valence-electron chi connectivity index (χ3n) is 2.76. The van der Waals surface area contributed by atoms with Crippen LogP contribution in [0.4, 0.5) is 13.2 Å². The van der Waals surface area contributed by atoms with Crippen LogP contribution < -0.4 is 0 Å². The largest absolute Gasteiger partial charge is 0.402 e. The molecule has 0 aromatic rings. The van der Waals surface area contributed by atoms with Gasteiger partial charge in [-0.3, -0.25) is 0 Å². The summed E-state index contributed by atoms with van der Waals surface area (Å²) in [7, 11) is 0. The summed E-state index contributed by atoms with van der Waals surface area (Å²) < 4.78 is 36.7. The molecule has 0 spiro atoms. The number of halogens is 4. The molecule has 6 heteroatoms. The maximum atomic E-state index is 12.2. The molecule has 1 rings (SSSR count). The fourth-order valence-corrected chi connectivity index (χ4v) is 2.16. The second-order valence-electron chi connectivity index (χ2n) is 4.06. The fourth-order valence-electron chi connectivity index (χ4n) is 1.75. The van der Waals surface area contributed by atoms with Crippen LogP contribution in [0.5, 0.6) is 0 Å². The van der Waals surface area contributed by atoms with Crippen LogP contribution in [0.15, 0.2) is 0 Å². The van der Waals surface area contributed by atoms with Gasteiger partial charge in [0.05, 0.1) is 6.10 Å². The highest BCUT2D eigenvalue weighted by Crippen LogP contribution is 2.29. The molecule has 1 fully saturated rings. The number of hydrogen-bond acceptors (Lipinski definition) is 2. The molecule has 3 unspecified atom stereocenters. The fraction of sp³-hybridized carbons (Fsp3) is 1.00. The van der Waals surface area contributed by atoms with E-state index in [-0.39, 0.29) is 12.5 Å². The van der Waals surface area contributed by atoms with Crippen LogP contribution >= 0.6 is 15.9 Å². The minimum atomic E-state index is -4.19. The van der Waals surface area contributed by atoms with Crippen LogP contribution in [-0.2, 0) is 0 Å². The van der Waals surface area contributed by atoms with Crippen molar-refractivity contribution in [2.24, 2.45) is 5.92 Å². The van der Waals surface area contributed by atoms with Crippen molar-refractivity contribution in [3.8, 4) is 0 Å². The molecule has 0 radical (unpaired) electrons. The van der Waals surface area contributed by atoms with Crippen molar-refractivity contribution in [2.45, 2.75) is 30.5 Å². The molecule has 0 aliphatic carbocycles. The monoisotopic (exact) mass is 289 g/mol. The second-order valence-corrected chi connectivity index (χ2v) is 5.16. The lowest BCUT2D eigenvalue weighted by Gasteiger charge is -2.22. The summed E-state index contributed by atoms with van der Waals surface area (Å²) >= 11 is 2.64. The van der Waals surface area contributed by atoms with Crippen molar-refractivity contribution < 1.29 is 18.3 Å². The number of aliphatic hydroxyl groups excluding tert-OH is 1. The van der Waals surface area contributed by atoms with Gasteiger partial charge in [0.2, 0.25) is 0 Å². The van der Waals surface area contributed by atoms with E-state index in [1.807, 2.05) is 0 Å². The molecule has 1 saturated heterocycles. The van der Waals surface area contributed by atoms with E-state index >= 15 is 0 Å². The zero-order valence-electron chi connectivity index (χ0n) is 8.47. The van der Waals surface area contributed by atoms with Crippen LogP contribution in [0.3, 0.4) is 0 Å². The van der Waals surface area contributed by atoms with E-state index in [9.17, 15) is 18.3 Å². The van der Waals surface area contributed by atoms with Crippen LogP contribution in [0.25, 0.3) is 0 Å². The molecule has 0 saturated carbocycles. The van der Waals surface area contributed by atoms with Gasteiger partial charge >= 0.3 is 6.18 Å². The molecule has 15 heavy (non-hydrogen) atoms. The average Bonchev–Trinajstić information content (AvgIpc) is 2.50. The van der Waals surface area contributed by atoms with Gasteiger partial charge in [0.25, 0.3) is 0 Å². The summed E-state index contributed by atoms with van der Waals surface area (Å²) in [4.78, 5) is 0.266. The Labute approximate surface area is 95.6 Å². The van der Waals surface area contributed by atoms with Gasteiger partial charge in [-0.1, -0.05) is 15.9 Å². The van der Waals surface area contributed by atoms with E-state index in [0.717, 1.165) is 6.42 Å². The quantitative estimate of drug-likeness (QED) is 0.804. The van der Waals surface area contributed by atoms with Gasteiger partial charge in [0.1, 0.15) is 4.83 Å². The lowest BCUT2D eigenvalue weighted by Crippen LogP contribution is -2.36. The highest BCUT2D eigenvalue weighted by molar-refractivity contribution is 9.09. The number of aliphatic hydroxyl groups is 1. The molecule has 1 heterocycles. The van der Waals surface area contributed by atoms with Gasteiger partial charge < -0.3 is 10.0 Å². The Hall–Kier alpha value is 0.190. The van der Waals surface area contributed by atoms with Crippen molar-refractivity contribution in [2.75, 3.05) is 19.6 Å². The van der Waals surface area contributed by atoms with E-state index in [2.05, 4.69) is 15.9 Å². The summed E-state index contributed by atoms with van der Waals surface area (Å²) in [6.07, 6.45) is -3.85. The Kier molecular flexibility index (Phi) is 4.43. The molecule has 0 aromatic carbocycles. The first-order valence-electron chi connectivity index (χ1n) is 4.92. The highest BCUT2D eigenvalue weighted by atomic mass is 79.9. The van der Waals surface area contributed by atoms with Gasteiger partial charge in [0.15, 0.2) is 0 Å². The predicted octanol–water partition coefficient (Wildman–Crippen LogP) is 2.01. The molecule has 1 aliphatic heterocycles. The highest BCUT2D eigenvalue weighted by Gasteiger charge is 2.40. The van der Waals surface area contributed by atoms with E-state index < -0.39 is 17.1 Å². The Morgan fingerprint density at radius 2 is 2.13 bits per heavy atom. The number of likely N-dealkylation sites (tertiary alicyclic amines) is 1. The molecule has 1 N–H and O–H groups in total. The standard InChI is InChI=1S/C9H15BrF3NO/c1-6(15)7-2-3-14(4-7)5-8(10)9(11,12)13/h6-8,15H,2-5H2,1H3. The minimum absolute atomic E-state index is 0.0350. The SMILES string of the molecule is CC(O)C1CCN(CC(Br)C(F)(F)F)C1. The van der Waals surface area contributed by atoms with Gasteiger partial charge in [0, 0.05) is 13.1 Å². The molecule has 0 bridgehead atoms. The summed E-state index contributed by atoms with van der Waals surface area (Å²) in [5.74, 6) is 0.109. The first kappa shape index (κ1) is 13.3. The lowest BCUT2D eigenvalue weighted by molar-refractivity contribution is -0.130. The average molecular weight is 290 g/mol. The molecule has 2 nitrogen and oxygen atoms in total. The normalized spacial score (nSPS) is 28.0. The van der Waals surface area contributed by atoms with E-state index in [0.29, 0.717) is 13.1 Å². The van der Waals surface area contributed by atoms with Gasteiger partial charge in [-0.25, -0.2) is 0 Å². The zero-order chi connectivity index (χ0) is 11.6. The summed E-state index contributed by atoms with van der Waals surface area (Å²) in [5, 5.41) is 9.30. The third-order valence-corrected chi connectivity index (χ3v) is 3.57. The molecular formula is C9H15BrF3NO. The number of hydrogen-bond donors (Lipinski definition) is 1. The maximum Gasteiger partial charge on any atom is 0.402 e. The van der Waals surface area contributed by atoms with Crippen molar-refractivity contribution in [1.82, 2.24) is 4.90 Å². The van der Waals surface area contributed by atoms with Gasteiger partial charge in [-0.15, -0.1) is 0 Å². The Balaban J connectivity index is 2.36. The second kappa shape index (κ2) is 5.01. The maximum absolute atomic E-state index is 12.2. The van der Waals surface area contributed by atoms with Crippen LogP contribution in [0.2, 0.25) is 0 Å². The molecule has 0 aromatic heterocycles. The number of alkyl halides is 4. The lowest BCUT2D eigenvalue weighted by atomic mass is 10.0. The van der Waals surface area contributed by atoms with Gasteiger partial charge in [-0.05, 0) is 25.8 Å². The van der Waals surface area contributed by atoms with E-state index in [1.165, 1.54) is 0 Å². The van der Waals surface area contributed by atoms with Crippen molar-refractivity contribution in [1.29, 1.82) is 0 Å². The first-order chi connectivity index (χ1) is 6.80. The summed E-state index contributed by atoms with van der Waals surface area (Å²) in [6, 6.07) is 0. The molecule has 1 aliphatic rings. The Morgan fingerprint density at radius 1 is 1.53 bits per heavy atom. The zero-order valence-corrected chi connectivity index (χ0v) is 10.1. The summed E-state index contributed by atoms with van der Waals surface area (Å²) in [6.45, 7) is 2.83.